The number of rotatable bonds is 7. The Bertz CT molecular complexity index is 1600. The maximum atomic E-state index is 14.1. The van der Waals surface area contributed by atoms with E-state index in [0.717, 1.165) is 43.4 Å². The van der Waals surface area contributed by atoms with Gasteiger partial charge in [-0.05, 0) is 99.8 Å². The molecule has 10 heteroatoms. The number of esters is 1. The van der Waals surface area contributed by atoms with Crippen LogP contribution in [0.5, 0.6) is 0 Å². The first kappa shape index (κ1) is 29.8. The third kappa shape index (κ3) is 5.80. The highest BCUT2D eigenvalue weighted by Crippen LogP contribution is 2.49. The molecule has 44 heavy (non-hydrogen) atoms. The van der Waals surface area contributed by atoms with Crippen LogP contribution in [0.15, 0.2) is 59.4 Å². The van der Waals surface area contributed by atoms with Crippen LogP contribution >= 0.6 is 7.60 Å². The topological polar surface area (TPSA) is 111 Å². The Kier molecular flexibility index (Phi) is 8.25. The summed E-state index contributed by atoms with van der Waals surface area (Å²) in [6.45, 7) is 1.64. The molecule has 4 bridgehead atoms. The Morgan fingerprint density at radius 3 is 2.25 bits per heavy atom. The van der Waals surface area contributed by atoms with Crippen molar-refractivity contribution in [2.75, 3.05) is 6.79 Å². The van der Waals surface area contributed by atoms with Crippen LogP contribution in [0.3, 0.4) is 0 Å². The van der Waals surface area contributed by atoms with Crippen molar-refractivity contribution in [1.82, 2.24) is 14.5 Å². The number of benzene rings is 2. The Balaban J connectivity index is 1.14. The van der Waals surface area contributed by atoms with E-state index in [9.17, 15) is 19.0 Å². The van der Waals surface area contributed by atoms with E-state index in [0.29, 0.717) is 29.2 Å². The predicted molar refractivity (Wildman–Crippen MR) is 168 cm³/mol. The van der Waals surface area contributed by atoms with Gasteiger partial charge in [-0.3, -0.25) is 18.8 Å². The Hall–Kier alpha value is -2.84. The molecule has 4 aliphatic rings. The highest BCUT2D eigenvalue weighted by atomic mass is 31.2. The van der Waals surface area contributed by atoms with Crippen LogP contribution in [-0.2, 0) is 13.8 Å². The lowest BCUT2D eigenvalue weighted by molar-refractivity contribution is -0.0524. The van der Waals surface area contributed by atoms with E-state index < -0.39 is 31.4 Å². The predicted octanol–water partition coefficient (Wildman–Crippen LogP) is 5.81. The van der Waals surface area contributed by atoms with Gasteiger partial charge in [0.25, 0.3) is 5.56 Å². The van der Waals surface area contributed by atoms with Crippen LogP contribution in [0, 0.1) is 17.8 Å². The summed E-state index contributed by atoms with van der Waals surface area (Å²) in [5, 5.41) is 0. The minimum absolute atomic E-state index is 0.111. The van der Waals surface area contributed by atoms with Crippen molar-refractivity contribution in [1.29, 1.82) is 0 Å². The summed E-state index contributed by atoms with van der Waals surface area (Å²) in [5.41, 5.74) is 0.269. The molecule has 1 unspecified atom stereocenters. The second-order valence-corrected chi connectivity index (χ2v) is 15.4. The number of para-hydroxylation sites is 2. The monoisotopic (exact) mass is 619 g/mol. The van der Waals surface area contributed by atoms with Crippen molar-refractivity contribution < 1.29 is 23.5 Å². The first-order valence-electron chi connectivity index (χ1n) is 16.3. The molecule has 4 fully saturated rings. The quantitative estimate of drug-likeness (QED) is 0.200. The van der Waals surface area contributed by atoms with Gasteiger partial charge in [-0.1, -0.05) is 43.7 Å². The van der Waals surface area contributed by atoms with Crippen LogP contribution < -0.4 is 11.0 Å². The number of fused-ring (bicyclic) bond motifs is 5. The molecule has 1 N–H and O–H groups in total. The number of aromatic nitrogens is 2. The summed E-state index contributed by atoms with van der Waals surface area (Å²) in [4.78, 5) is 44.5. The maximum Gasteiger partial charge on any atom is 0.385 e. The standard InChI is InChI=1S/C34H42N3O6P/c1-22-14-23-16-24(15-22)18-28(17-23)36-26-10-7-11-27(36)20-29(19-26)37-31-13-6-5-12-30(31)35-32(33(37)38)44(40,41)43-21-42-34(39)25-8-3-2-4-9-25/h2-6,8-9,12-13,22-24,26-29H,7,10-11,14-21H2,1H3,(H,40,41)/t22-,23-,24+,26-,27+,28+,29+. The van der Waals surface area contributed by atoms with E-state index in [1.54, 1.807) is 47.0 Å². The molecule has 2 aromatic carbocycles. The zero-order valence-electron chi connectivity index (χ0n) is 25.3. The Morgan fingerprint density at radius 1 is 0.886 bits per heavy atom. The largest absolute Gasteiger partial charge is 0.434 e. The van der Waals surface area contributed by atoms with Gasteiger partial charge in [0.2, 0.25) is 12.2 Å². The molecule has 0 amide bonds. The van der Waals surface area contributed by atoms with E-state index in [-0.39, 0.29) is 11.6 Å². The molecular formula is C34H42N3O6P. The molecular weight excluding hydrogens is 577 g/mol. The fourth-order valence-electron chi connectivity index (χ4n) is 9.15. The first-order valence-corrected chi connectivity index (χ1v) is 17.8. The average Bonchev–Trinajstić information content (AvgIpc) is 2.99. The zero-order valence-corrected chi connectivity index (χ0v) is 26.2. The molecule has 7 rings (SSSR count). The van der Waals surface area contributed by atoms with Gasteiger partial charge in [0.1, 0.15) is 0 Å². The average molecular weight is 620 g/mol. The van der Waals surface area contributed by atoms with Crippen molar-refractivity contribution in [3.8, 4) is 0 Å². The molecule has 3 aromatic rings. The normalized spacial score (nSPS) is 31.7. The van der Waals surface area contributed by atoms with Crippen LogP contribution in [0.1, 0.15) is 87.5 Å². The molecule has 2 saturated carbocycles. The fraction of sp³-hybridized carbons (Fsp3) is 0.559. The summed E-state index contributed by atoms with van der Waals surface area (Å²) >= 11 is 0. The summed E-state index contributed by atoms with van der Waals surface area (Å²) in [6.07, 6.45) is 11.8. The summed E-state index contributed by atoms with van der Waals surface area (Å²) in [5.74, 6) is 1.82. The number of carbonyl (C=O) groups excluding carboxylic acids is 1. The Morgan fingerprint density at radius 2 is 1.55 bits per heavy atom. The lowest BCUT2D eigenvalue weighted by Gasteiger charge is -2.55. The zero-order chi connectivity index (χ0) is 30.4. The molecule has 234 valence electrons. The SMILES string of the molecule is C[C@@H]1C[C@@H]2C[C@H](C1)C[C@@H](N1[C@@H]3CCC[C@H]1C[C@@H](n1c(=O)c(P(=O)(O)OCOC(=O)c4ccccc4)nc4ccccc41)C3)C2. The van der Waals surface area contributed by atoms with Crippen LogP contribution in [-0.4, -0.2) is 50.2 Å². The number of piperidine rings is 2. The van der Waals surface area contributed by atoms with Crippen LogP contribution in [0.25, 0.3) is 11.0 Å². The molecule has 2 aliphatic heterocycles. The lowest BCUT2D eigenvalue weighted by atomic mass is 9.65. The molecule has 2 aliphatic carbocycles. The van der Waals surface area contributed by atoms with Gasteiger partial charge in [-0.2, -0.15) is 0 Å². The van der Waals surface area contributed by atoms with Gasteiger partial charge in [0, 0.05) is 24.2 Å². The molecule has 0 radical (unpaired) electrons. The van der Waals surface area contributed by atoms with Crippen LogP contribution in [0.2, 0.25) is 0 Å². The molecule has 3 heterocycles. The highest BCUT2D eigenvalue weighted by molar-refractivity contribution is 7.60. The lowest BCUT2D eigenvalue weighted by Crippen LogP contribution is -2.59. The summed E-state index contributed by atoms with van der Waals surface area (Å²) in [7, 11) is -4.72. The highest BCUT2D eigenvalue weighted by Gasteiger charge is 2.46. The van der Waals surface area contributed by atoms with Gasteiger partial charge in [-0.25, -0.2) is 9.78 Å². The second-order valence-electron chi connectivity index (χ2n) is 13.6. The number of hydrogen-bond donors (Lipinski definition) is 1. The number of ether oxygens (including phenoxy) is 1. The molecule has 9 nitrogen and oxygen atoms in total. The number of carbonyl (C=O) groups is 1. The van der Waals surface area contributed by atoms with Crippen molar-refractivity contribution in [2.45, 2.75) is 95.3 Å². The van der Waals surface area contributed by atoms with Crippen molar-refractivity contribution >= 4 is 30.0 Å². The van der Waals surface area contributed by atoms with Gasteiger partial charge in [0.15, 0.2) is 0 Å². The van der Waals surface area contributed by atoms with Crippen LogP contribution in [0.4, 0.5) is 0 Å². The van der Waals surface area contributed by atoms with Gasteiger partial charge in [-0.15, -0.1) is 0 Å². The van der Waals surface area contributed by atoms with Gasteiger partial charge < -0.3 is 14.2 Å². The molecule has 0 spiro atoms. The summed E-state index contributed by atoms with van der Waals surface area (Å²) < 4.78 is 25.4. The number of hydrogen-bond acceptors (Lipinski definition) is 7. The third-order valence-electron chi connectivity index (χ3n) is 10.6. The van der Waals surface area contributed by atoms with E-state index >= 15 is 0 Å². The molecule has 1 aromatic heterocycles. The van der Waals surface area contributed by atoms with Crippen molar-refractivity contribution in [2.24, 2.45) is 17.8 Å². The van der Waals surface area contributed by atoms with E-state index in [2.05, 4.69) is 16.8 Å². The number of nitrogens with zero attached hydrogens (tertiary/aromatic N) is 3. The van der Waals surface area contributed by atoms with Crippen molar-refractivity contribution in [3.05, 3.63) is 70.5 Å². The van der Waals surface area contributed by atoms with Crippen molar-refractivity contribution in [3.63, 3.8) is 0 Å². The van der Waals surface area contributed by atoms with Gasteiger partial charge in [0.05, 0.1) is 16.6 Å². The van der Waals surface area contributed by atoms with Gasteiger partial charge >= 0.3 is 13.6 Å². The van der Waals surface area contributed by atoms with E-state index in [4.69, 9.17) is 9.26 Å². The van der Waals surface area contributed by atoms with E-state index in [1.165, 1.54) is 38.5 Å². The fourth-order valence-corrected chi connectivity index (χ4v) is 10.0. The Labute approximate surface area is 258 Å². The molecule has 8 atom stereocenters. The smallest absolute Gasteiger partial charge is 0.385 e. The molecule has 2 saturated heterocycles. The van der Waals surface area contributed by atoms with E-state index in [1.807, 2.05) is 12.1 Å². The second kappa shape index (κ2) is 12.2. The maximum absolute atomic E-state index is 14.1. The summed E-state index contributed by atoms with van der Waals surface area (Å²) in [6, 6.07) is 16.9. The minimum atomic E-state index is -4.72. The minimum Gasteiger partial charge on any atom is -0.434 e. The first-order chi connectivity index (χ1) is 21.3. The third-order valence-corrected chi connectivity index (χ3v) is 11.9.